The standard InChI is InChI=1S/C29H32FN5O/c1-19-15-20(2)25(16-24(19)28-32-26-9-11-34(14-10-30)18-27(26)33-28)29(36)35-12-7-23(8-13-35)22-5-3-21(17-31)4-6-22/h3-6,15-16,23H,7-14,18H2,1-2H3,(H,32,33). The molecule has 0 spiro atoms. The Kier molecular flexibility index (Phi) is 6.88. The fraction of sp³-hybridized carbons (Fsp3) is 0.414. The molecule has 0 saturated carbocycles. The fourth-order valence-electron chi connectivity index (χ4n) is 5.54. The van der Waals surface area contributed by atoms with E-state index in [9.17, 15) is 9.18 Å². The summed E-state index contributed by atoms with van der Waals surface area (Å²) in [5, 5.41) is 9.03. The highest BCUT2D eigenvalue weighted by atomic mass is 19.1. The number of amides is 1. The van der Waals surface area contributed by atoms with Gasteiger partial charge in [-0.05, 0) is 67.5 Å². The van der Waals surface area contributed by atoms with Crippen molar-refractivity contribution in [2.75, 3.05) is 32.9 Å². The normalized spacial score (nSPS) is 16.6. The maximum atomic E-state index is 13.6. The summed E-state index contributed by atoms with van der Waals surface area (Å²) >= 11 is 0. The lowest BCUT2D eigenvalue weighted by Gasteiger charge is -2.32. The molecule has 7 heteroatoms. The summed E-state index contributed by atoms with van der Waals surface area (Å²) in [6, 6.07) is 14.0. The average Bonchev–Trinajstić information content (AvgIpc) is 3.32. The van der Waals surface area contributed by atoms with E-state index >= 15 is 0 Å². The number of aromatic nitrogens is 2. The molecule has 1 aromatic heterocycles. The van der Waals surface area contributed by atoms with Crippen LogP contribution in [0.1, 0.15) is 62.8 Å². The van der Waals surface area contributed by atoms with Crippen molar-refractivity contribution in [3.8, 4) is 17.5 Å². The van der Waals surface area contributed by atoms with Gasteiger partial charge in [0.05, 0.1) is 23.0 Å². The maximum Gasteiger partial charge on any atom is 0.254 e. The third kappa shape index (κ3) is 4.78. The number of benzene rings is 2. The quantitative estimate of drug-likeness (QED) is 0.557. The Morgan fingerprint density at radius 1 is 1.14 bits per heavy atom. The molecule has 1 N–H and O–H groups in total. The second-order valence-electron chi connectivity index (χ2n) is 10.0. The number of aryl methyl sites for hydroxylation is 2. The molecular weight excluding hydrogens is 453 g/mol. The van der Waals surface area contributed by atoms with E-state index in [-0.39, 0.29) is 12.6 Å². The third-order valence-electron chi connectivity index (χ3n) is 7.66. The molecule has 5 rings (SSSR count). The second-order valence-corrected chi connectivity index (χ2v) is 10.0. The molecule has 0 aliphatic carbocycles. The minimum absolute atomic E-state index is 0.0671. The summed E-state index contributed by atoms with van der Waals surface area (Å²) in [5.41, 5.74) is 7.72. The van der Waals surface area contributed by atoms with E-state index < -0.39 is 0 Å². The van der Waals surface area contributed by atoms with Gasteiger partial charge in [-0.2, -0.15) is 5.26 Å². The molecule has 0 radical (unpaired) electrons. The molecule has 2 aliphatic heterocycles. The lowest BCUT2D eigenvalue weighted by atomic mass is 9.88. The SMILES string of the molecule is Cc1cc(C)c(-c2nc3c([nH]2)CN(CCF)CC3)cc1C(=O)N1CCC(c2ccc(C#N)cc2)CC1. The molecule has 2 aliphatic rings. The van der Waals surface area contributed by atoms with Gasteiger partial charge in [0.15, 0.2) is 0 Å². The predicted octanol–water partition coefficient (Wildman–Crippen LogP) is 4.91. The highest BCUT2D eigenvalue weighted by molar-refractivity contribution is 5.97. The molecule has 1 fully saturated rings. The summed E-state index contributed by atoms with van der Waals surface area (Å²) in [4.78, 5) is 25.9. The number of nitriles is 1. The first-order valence-corrected chi connectivity index (χ1v) is 12.7. The molecule has 3 heterocycles. The largest absolute Gasteiger partial charge is 0.341 e. The van der Waals surface area contributed by atoms with Gasteiger partial charge >= 0.3 is 0 Å². The molecule has 36 heavy (non-hydrogen) atoms. The number of nitrogens with one attached hydrogen (secondary N) is 1. The molecule has 6 nitrogen and oxygen atoms in total. The van der Waals surface area contributed by atoms with Crippen LogP contribution < -0.4 is 0 Å². The smallest absolute Gasteiger partial charge is 0.254 e. The van der Waals surface area contributed by atoms with E-state index in [1.54, 1.807) is 0 Å². The van der Waals surface area contributed by atoms with Gasteiger partial charge < -0.3 is 9.88 Å². The molecule has 186 valence electrons. The number of likely N-dealkylation sites (tertiary alicyclic amines) is 1. The highest BCUT2D eigenvalue weighted by Crippen LogP contribution is 2.31. The van der Waals surface area contributed by atoms with Crippen molar-refractivity contribution in [1.82, 2.24) is 19.8 Å². The Hall–Kier alpha value is -3.50. The van der Waals surface area contributed by atoms with Gasteiger partial charge in [0, 0.05) is 50.3 Å². The molecular formula is C29H32FN5O. The van der Waals surface area contributed by atoms with Gasteiger partial charge in [-0.25, -0.2) is 9.37 Å². The molecule has 2 aromatic carbocycles. The number of carbonyl (C=O) groups is 1. The van der Waals surface area contributed by atoms with Gasteiger partial charge in [-0.3, -0.25) is 9.69 Å². The first kappa shape index (κ1) is 24.2. The summed E-state index contributed by atoms with van der Waals surface area (Å²) in [7, 11) is 0. The molecule has 0 bridgehead atoms. The predicted molar refractivity (Wildman–Crippen MR) is 137 cm³/mol. The molecule has 1 saturated heterocycles. The van der Waals surface area contributed by atoms with Crippen molar-refractivity contribution in [3.63, 3.8) is 0 Å². The van der Waals surface area contributed by atoms with Crippen molar-refractivity contribution in [3.05, 3.63) is 75.6 Å². The fourth-order valence-corrected chi connectivity index (χ4v) is 5.54. The lowest BCUT2D eigenvalue weighted by Crippen LogP contribution is -2.38. The first-order valence-electron chi connectivity index (χ1n) is 12.7. The number of fused-ring (bicyclic) bond motifs is 1. The van der Waals surface area contributed by atoms with Crippen molar-refractivity contribution in [2.45, 2.75) is 45.6 Å². The Morgan fingerprint density at radius 2 is 1.89 bits per heavy atom. The molecule has 1 amide bonds. The highest BCUT2D eigenvalue weighted by Gasteiger charge is 2.27. The van der Waals surface area contributed by atoms with Crippen molar-refractivity contribution >= 4 is 5.91 Å². The van der Waals surface area contributed by atoms with Crippen LogP contribution in [-0.4, -0.2) is 58.5 Å². The van der Waals surface area contributed by atoms with E-state index in [4.69, 9.17) is 10.2 Å². The number of carbonyl (C=O) groups excluding carboxylic acids is 1. The van der Waals surface area contributed by atoms with E-state index in [1.165, 1.54) is 5.56 Å². The Labute approximate surface area is 211 Å². The monoisotopic (exact) mass is 485 g/mol. The number of halogens is 1. The Balaban J connectivity index is 1.32. The number of piperidine rings is 1. The van der Waals surface area contributed by atoms with Gasteiger partial charge in [0.25, 0.3) is 5.91 Å². The number of aromatic amines is 1. The van der Waals surface area contributed by atoms with E-state index in [2.05, 4.69) is 28.9 Å². The van der Waals surface area contributed by atoms with E-state index in [1.807, 2.05) is 42.2 Å². The van der Waals surface area contributed by atoms with Gasteiger partial charge in [-0.15, -0.1) is 0 Å². The van der Waals surface area contributed by atoms with Crippen molar-refractivity contribution in [2.24, 2.45) is 0 Å². The number of nitrogens with zero attached hydrogens (tertiary/aromatic N) is 4. The van der Waals surface area contributed by atoms with E-state index in [0.29, 0.717) is 37.7 Å². The van der Waals surface area contributed by atoms with Crippen LogP contribution in [0.2, 0.25) is 0 Å². The van der Waals surface area contributed by atoms with E-state index in [0.717, 1.165) is 65.3 Å². The number of alkyl halides is 1. The zero-order chi connectivity index (χ0) is 25.2. The van der Waals surface area contributed by atoms with Crippen LogP contribution in [0, 0.1) is 25.2 Å². The van der Waals surface area contributed by atoms with Crippen LogP contribution in [0.5, 0.6) is 0 Å². The van der Waals surface area contributed by atoms with Crippen LogP contribution in [-0.2, 0) is 13.0 Å². The minimum atomic E-state index is -0.344. The summed E-state index contributed by atoms with van der Waals surface area (Å²) < 4.78 is 12.8. The molecule has 0 atom stereocenters. The summed E-state index contributed by atoms with van der Waals surface area (Å²) in [5.74, 6) is 1.26. The number of rotatable bonds is 5. The van der Waals surface area contributed by atoms with Gasteiger partial charge in [-0.1, -0.05) is 18.2 Å². The summed E-state index contributed by atoms with van der Waals surface area (Å²) in [6.07, 6.45) is 2.63. The topological polar surface area (TPSA) is 76.0 Å². The first-order chi connectivity index (χ1) is 17.5. The number of hydrogen-bond donors (Lipinski definition) is 1. The van der Waals surface area contributed by atoms with Crippen LogP contribution in [0.15, 0.2) is 36.4 Å². The van der Waals surface area contributed by atoms with Crippen molar-refractivity contribution < 1.29 is 9.18 Å². The number of hydrogen-bond acceptors (Lipinski definition) is 4. The van der Waals surface area contributed by atoms with Crippen LogP contribution in [0.25, 0.3) is 11.4 Å². The Morgan fingerprint density at radius 3 is 2.58 bits per heavy atom. The maximum absolute atomic E-state index is 13.6. The molecule has 3 aromatic rings. The average molecular weight is 486 g/mol. The number of imidazole rings is 1. The minimum Gasteiger partial charge on any atom is -0.341 e. The van der Waals surface area contributed by atoms with Crippen LogP contribution >= 0.6 is 0 Å². The van der Waals surface area contributed by atoms with Crippen molar-refractivity contribution in [1.29, 1.82) is 5.26 Å². The van der Waals surface area contributed by atoms with Crippen LogP contribution in [0.3, 0.4) is 0 Å². The zero-order valence-electron chi connectivity index (χ0n) is 21.0. The zero-order valence-corrected chi connectivity index (χ0v) is 21.0. The van der Waals surface area contributed by atoms with Gasteiger partial charge in [0.1, 0.15) is 12.5 Å². The lowest BCUT2D eigenvalue weighted by molar-refractivity contribution is 0.0712. The van der Waals surface area contributed by atoms with Gasteiger partial charge in [0.2, 0.25) is 0 Å². The third-order valence-corrected chi connectivity index (χ3v) is 7.66. The number of H-pyrrole nitrogens is 1. The Bertz CT molecular complexity index is 1300. The second kappa shape index (κ2) is 10.2. The molecule has 0 unspecified atom stereocenters. The summed E-state index contributed by atoms with van der Waals surface area (Å²) in [6.45, 7) is 7.07. The van der Waals surface area contributed by atoms with Crippen LogP contribution in [0.4, 0.5) is 4.39 Å².